The Bertz CT molecular complexity index is 755. The summed E-state index contributed by atoms with van der Waals surface area (Å²) in [5, 5.41) is 9.82. The number of aromatic amines is 1. The number of hydrogen-bond acceptors (Lipinski definition) is 4. The summed E-state index contributed by atoms with van der Waals surface area (Å²) >= 11 is 0. The average Bonchev–Trinajstić information content (AvgIpc) is 3.05. The number of nitrogens with zero attached hydrogens (tertiary/aromatic N) is 3. The lowest BCUT2D eigenvalue weighted by Gasteiger charge is -2.03. The summed E-state index contributed by atoms with van der Waals surface area (Å²) in [6, 6.07) is 13.7. The van der Waals surface area contributed by atoms with Gasteiger partial charge < -0.3 is 5.32 Å². The molecule has 1 amide bonds. The quantitative estimate of drug-likeness (QED) is 0.727. The van der Waals surface area contributed by atoms with Gasteiger partial charge in [-0.2, -0.15) is 5.10 Å². The first-order valence-electron chi connectivity index (χ1n) is 7.43. The zero-order valence-corrected chi connectivity index (χ0v) is 12.6. The number of nitrogens with one attached hydrogen (secondary N) is 2. The molecule has 0 atom stereocenters. The molecule has 0 aliphatic rings. The first kappa shape index (κ1) is 14.9. The Morgan fingerprint density at radius 1 is 1.09 bits per heavy atom. The smallest absolute Gasteiger partial charge is 0.227 e. The monoisotopic (exact) mass is 307 g/mol. The molecule has 2 heterocycles. The largest absolute Gasteiger partial charge is 0.355 e. The molecular weight excluding hydrogens is 290 g/mol. The van der Waals surface area contributed by atoms with Gasteiger partial charge in [0.05, 0.1) is 6.42 Å². The summed E-state index contributed by atoms with van der Waals surface area (Å²) in [5.74, 6) is 1.05. The van der Waals surface area contributed by atoms with Crippen LogP contribution in [0.5, 0.6) is 0 Å². The molecule has 0 spiro atoms. The number of carbonyl (C=O) groups is 1. The molecule has 23 heavy (non-hydrogen) atoms. The molecule has 0 unspecified atom stereocenters. The van der Waals surface area contributed by atoms with Crippen LogP contribution in [0.3, 0.4) is 0 Å². The Hall–Kier alpha value is -3.02. The Balaban J connectivity index is 1.49. The summed E-state index contributed by atoms with van der Waals surface area (Å²) in [6.07, 6.45) is 4.36. The molecule has 2 N–H and O–H groups in total. The maximum Gasteiger partial charge on any atom is 0.227 e. The number of hydrogen-bond donors (Lipinski definition) is 2. The number of amides is 1. The first-order valence-corrected chi connectivity index (χ1v) is 7.43. The molecule has 0 radical (unpaired) electrons. The second-order valence-electron chi connectivity index (χ2n) is 5.10. The third-order valence-electron chi connectivity index (χ3n) is 3.38. The van der Waals surface area contributed by atoms with Crippen molar-refractivity contribution in [2.75, 3.05) is 6.54 Å². The SMILES string of the molecule is O=C(Cc1nc(-c2ccncc2)n[nH]1)NCCc1ccccc1. The summed E-state index contributed by atoms with van der Waals surface area (Å²) in [6.45, 7) is 0.605. The first-order chi connectivity index (χ1) is 11.3. The second kappa shape index (κ2) is 7.31. The topological polar surface area (TPSA) is 83.6 Å². The summed E-state index contributed by atoms with van der Waals surface area (Å²) < 4.78 is 0. The fraction of sp³-hybridized carbons (Fsp3) is 0.176. The van der Waals surface area contributed by atoms with Gasteiger partial charge in [0, 0.05) is 24.5 Å². The lowest BCUT2D eigenvalue weighted by Crippen LogP contribution is -2.27. The van der Waals surface area contributed by atoms with Crippen molar-refractivity contribution in [3.8, 4) is 11.4 Å². The van der Waals surface area contributed by atoms with Crippen LogP contribution in [-0.2, 0) is 17.6 Å². The van der Waals surface area contributed by atoms with Crippen LogP contribution in [0.25, 0.3) is 11.4 Å². The van der Waals surface area contributed by atoms with E-state index in [0.29, 0.717) is 18.2 Å². The van der Waals surface area contributed by atoms with Gasteiger partial charge in [-0.05, 0) is 24.1 Å². The molecule has 6 nitrogen and oxygen atoms in total. The Kier molecular flexibility index (Phi) is 4.73. The van der Waals surface area contributed by atoms with Crippen LogP contribution in [0, 0.1) is 0 Å². The fourth-order valence-electron chi connectivity index (χ4n) is 2.21. The molecule has 3 rings (SSSR count). The van der Waals surface area contributed by atoms with Crippen molar-refractivity contribution in [1.82, 2.24) is 25.5 Å². The highest BCUT2D eigenvalue weighted by molar-refractivity contribution is 5.77. The second-order valence-corrected chi connectivity index (χ2v) is 5.10. The van der Waals surface area contributed by atoms with Gasteiger partial charge in [0.15, 0.2) is 5.82 Å². The van der Waals surface area contributed by atoms with Gasteiger partial charge in [-0.3, -0.25) is 14.9 Å². The van der Waals surface area contributed by atoms with Crippen LogP contribution in [-0.4, -0.2) is 32.6 Å². The Morgan fingerprint density at radius 2 is 1.87 bits per heavy atom. The molecule has 0 bridgehead atoms. The number of carbonyl (C=O) groups excluding carboxylic acids is 1. The Labute approximate surface area is 134 Å². The molecule has 0 fully saturated rings. The van der Waals surface area contributed by atoms with Gasteiger partial charge in [-0.25, -0.2) is 4.98 Å². The van der Waals surface area contributed by atoms with E-state index in [1.54, 1.807) is 12.4 Å². The molecule has 0 saturated carbocycles. The van der Waals surface area contributed by atoms with E-state index in [9.17, 15) is 4.79 Å². The van der Waals surface area contributed by atoms with Crippen molar-refractivity contribution in [1.29, 1.82) is 0 Å². The van der Waals surface area contributed by atoms with Gasteiger partial charge >= 0.3 is 0 Å². The van der Waals surface area contributed by atoms with Crippen LogP contribution in [0.2, 0.25) is 0 Å². The number of benzene rings is 1. The standard InChI is InChI=1S/C17H17N5O/c23-16(19-11-6-13-4-2-1-3-5-13)12-15-20-17(22-21-15)14-7-9-18-10-8-14/h1-5,7-10H,6,11-12H2,(H,19,23)(H,20,21,22). The van der Waals surface area contributed by atoms with Crippen LogP contribution in [0.1, 0.15) is 11.4 Å². The minimum atomic E-state index is -0.0710. The highest BCUT2D eigenvalue weighted by Gasteiger charge is 2.09. The van der Waals surface area contributed by atoms with Crippen LogP contribution in [0.15, 0.2) is 54.9 Å². The normalized spacial score (nSPS) is 10.4. The molecule has 3 aromatic rings. The van der Waals surface area contributed by atoms with Gasteiger partial charge in [-0.1, -0.05) is 30.3 Å². The lowest BCUT2D eigenvalue weighted by atomic mass is 10.1. The molecule has 0 aliphatic heterocycles. The maximum atomic E-state index is 11.9. The highest BCUT2D eigenvalue weighted by atomic mass is 16.1. The fourth-order valence-corrected chi connectivity index (χ4v) is 2.21. The molecule has 2 aromatic heterocycles. The minimum absolute atomic E-state index is 0.0710. The third kappa shape index (κ3) is 4.23. The summed E-state index contributed by atoms with van der Waals surface area (Å²) in [7, 11) is 0. The van der Waals surface area contributed by atoms with E-state index in [1.807, 2.05) is 42.5 Å². The summed E-state index contributed by atoms with van der Waals surface area (Å²) in [4.78, 5) is 20.2. The molecule has 116 valence electrons. The van der Waals surface area contributed by atoms with Crippen molar-refractivity contribution >= 4 is 5.91 Å². The molecular formula is C17H17N5O. The van der Waals surface area contributed by atoms with E-state index in [1.165, 1.54) is 5.56 Å². The van der Waals surface area contributed by atoms with Gasteiger partial charge in [0.2, 0.25) is 5.91 Å². The zero-order valence-electron chi connectivity index (χ0n) is 12.6. The highest BCUT2D eigenvalue weighted by Crippen LogP contribution is 2.12. The van der Waals surface area contributed by atoms with Crippen molar-refractivity contribution < 1.29 is 4.79 Å². The number of pyridine rings is 1. The predicted molar refractivity (Wildman–Crippen MR) is 86.5 cm³/mol. The zero-order chi connectivity index (χ0) is 15.9. The van der Waals surface area contributed by atoms with Crippen molar-refractivity contribution in [2.45, 2.75) is 12.8 Å². The number of rotatable bonds is 6. The lowest BCUT2D eigenvalue weighted by molar-refractivity contribution is -0.120. The molecule has 0 aliphatic carbocycles. The van der Waals surface area contributed by atoms with Crippen molar-refractivity contribution in [3.05, 3.63) is 66.2 Å². The van der Waals surface area contributed by atoms with Crippen LogP contribution in [0.4, 0.5) is 0 Å². The van der Waals surface area contributed by atoms with E-state index >= 15 is 0 Å². The predicted octanol–water partition coefficient (Wildman–Crippen LogP) is 1.77. The number of aromatic nitrogens is 4. The van der Waals surface area contributed by atoms with Gasteiger partial charge in [-0.15, -0.1) is 0 Å². The van der Waals surface area contributed by atoms with Crippen LogP contribution >= 0.6 is 0 Å². The van der Waals surface area contributed by atoms with Crippen molar-refractivity contribution in [3.63, 3.8) is 0 Å². The maximum absolute atomic E-state index is 11.9. The van der Waals surface area contributed by atoms with Gasteiger partial charge in [0.1, 0.15) is 5.82 Å². The van der Waals surface area contributed by atoms with Gasteiger partial charge in [0.25, 0.3) is 0 Å². The molecule has 1 aromatic carbocycles. The van der Waals surface area contributed by atoms with E-state index in [0.717, 1.165) is 12.0 Å². The summed E-state index contributed by atoms with van der Waals surface area (Å²) in [5.41, 5.74) is 2.07. The van der Waals surface area contributed by atoms with E-state index < -0.39 is 0 Å². The molecule has 0 saturated heterocycles. The average molecular weight is 307 g/mol. The van der Waals surface area contributed by atoms with Crippen molar-refractivity contribution in [2.24, 2.45) is 0 Å². The van der Waals surface area contributed by atoms with E-state index in [2.05, 4.69) is 25.5 Å². The van der Waals surface area contributed by atoms with E-state index in [-0.39, 0.29) is 12.3 Å². The minimum Gasteiger partial charge on any atom is -0.355 e. The molecule has 6 heteroatoms. The van der Waals surface area contributed by atoms with Crippen LogP contribution < -0.4 is 5.32 Å². The Morgan fingerprint density at radius 3 is 2.65 bits per heavy atom. The number of H-pyrrole nitrogens is 1. The third-order valence-corrected chi connectivity index (χ3v) is 3.38. The van der Waals surface area contributed by atoms with E-state index in [4.69, 9.17) is 0 Å².